The van der Waals surface area contributed by atoms with Gasteiger partial charge in [-0.3, -0.25) is 0 Å². The van der Waals surface area contributed by atoms with Gasteiger partial charge in [-0.15, -0.1) is 0 Å². The van der Waals surface area contributed by atoms with Crippen molar-refractivity contribution >= 4 is 0 Å². The zero-order valence-electron chi connectivity index (χ0n) is 11.8. The van der Waals surface area contributed by atoms with Gasteiger partial charge in [0.2, 0.25) is 0 Å². The molecule has 0 radical (unpaired) electrons. The maximum atomic E-state index is 3.56. The summed E-state index contributed by atoms with van der Waals surface area (Å²) < 4.78 is 0. The summed E-state index contributed by atoms with van der Waals surface area (Å²) in [5, 5.41) is 3.56. The van der Waals surface area contributed by atoms with E-state index in [9.17, 15) is 0 Å². The van der Waals surface area contributed by atoms with Crippen molar-refractivity contribution in [2.45, 2.75) is 53.5 Å². The molecule has 2 nitrogen and oxygen atoms in total. The van der Waals surface area contributed by atoms with E-state index < -0.39 is 0 Å². The molecule has 1 saturated heterocycles. The van der Waals surface area contributed by atoms with Crippen LogP contribution < -0.4 is 5.32 Å². The second-order valence-corrected chi connectivity index (χ2v) is 6.23. The van der Waals surface area contributed by atoms with Crippen LogP contribution in [0.1, 0.15) is 47.5 Å². The predicted octanol–water partition coefficient (Wildman–Crippen LogP) is 2.74. The van der Waals surface area contributed by atoms with Crippen molar-refractivity contribution in [2.75, 3.05) is 26.2 Å². The van der Waals surface area contributed by atoms with Crippen LogP contribution in [0.15, 0.2) is 0 Å². The molecule has 0 amide bonds. The Kier molecular flexibility index (Phi) is 5.26. The molecule has 0 saturated carbocycles. The van der Waals surface area contributed by atoms with Crippen LogP contribution in [0.25, 0.3) is 0 Å². The summed E-state index contributed by atoms with van der Waals surface area (Å²) in [5.74, 6) is 0.936. The molecule has 96 valence electrons. The monoisotopic (exact) mass is 226 g/mol. The Morgan fingerprint density at radius 1 is 1.31 bits per heavy atom. The molecule has 1 N–H and O–H groups in total. The topological polar surface area (TPSA) is 15.3 Å². The average molecular weight is 226 g/mol. The van der Waals surface area contributed by atoms with Gasteiger partial charge in [-0.1, -0.05) is 27.7 Å². The summed E-state index contributed by atoms with van der Waals surface area (Å²) in [7, 11) is 0. The van der Waals surface area contributed by atoms with Gasteiger partial charge in [-0.2, -0.15) is 0 Å². The molecule has 1 unspecified atom stereocenters. The smallest absolute Gasteiger partial charge is 0.0102 e. The summed E-state index contributed by atoms with van der Waals surface area (Å²) >= 11 is 0. The maximum absolute atomic E-state index is 3.56. The fourth-order valence-electron chi connectivity index (χ4n) is 2.52. The largest absolute Gasteiger partial charge is 0.314 e. The summed E-state index contributed by atoms with van der Waals surface area (Å²) in [5.41, 5.74) is 0.372. The first-order valence-corrected chi connectivity index (χ1v) is 6.91. The molecule has 1 aliphatic rings. The quantitative estimate of drug-likeness (QED) is 0.775. The van der Waals surface area contributed by atoms with Gasteiger partial charge in [0.1, 0.15) is 0 Å². The first-order chi connectivity index (χ1) is 7.45. The van der Waals surface area contributed by atoms with Crippen LogP contribution in [-0.4, -0.2) is 37.1 Å². The van der Waals surface area contributed by atoms with E-state index in [1.807, 2.05) is 0 Å². The molecule has 0 aromatic carbocycles. The molecule has 0 aliphatic carbocycles. The summed E-state index contributed by atoms with van der Waals surface area (Å²) in [6.45, 7) is 16.5. The molecule has 2 heteroatoms. The number of hydrogen-bond acceptors (Lipinski definition) is 2. The third kappa shape index (κ3) is 4.06. The molecule has 1 aliphatic heterocycles. The first-order valence-electron chi connectivity index (χ1n) is 6.91. The number of nitrogens with zero attached hydrogens (tertiary/aromatic N) is 1. The maximum Gasteiger partial charge on any atom is 0.0102 e. The Bertz CT molecular complexity index is 193. The van der Waals surface area contributed by atoms with E-state index in [1.54, 1.807) is 0 Å². The van der Waals surface area contributed by atoms with Crippen molar-refractivity contribution < 1.29 is 0 Å². The molecular formula is C14H30N2. The molecular weight excluding hydrogens is 196 g/mol. The lowest BCUT2D eigenvalue weighted by Gasteiger charge is -2.40. The van der Waals surface area contributed by atoms with E-state index in [0.717, 1.165) is 12.5 Å². The molecule has 1 rings (SSSR count). The molecule has 0 spiro atoms. The number of piperidine rings is 1. The van der Waals surface area contributed by atoms with Crippen molar-refractivity contribution in [3.63, 3.8) is 0 Å². The molecule has 0 bridgehead atoms. The van der Waals surface area contributed by atoms with Crippen LogP contribution in [0.2, 0.25) is 0 Å². The van der Waals surface area contributed by atoms with Gasteiger partial charge in [-0.05, 0) is 50.7 Å². The van der Waals surface area contributed by atoms with Crippen LogP contribution in [0, 0.1) is 11.3 Å². The lowest BCUT2D eigenvalue weighted by molar-refractivity contribution is 0.111. The Morgan fingerprint density at radius 2 is 1.88 bits per heavy atom. The Labute approximate surface area is 102 Å². The molecule has 1 heterocycles. The van der Waals surface area contributed by atoms with Gasteiger partial charge in [0.15, 0.2) is 0 Å². The van der Waals surface area contributed by atoms with Crippen LogP contribution in [0.3, 0.4) is 0 Å². The van der Waals surface area contributed by atoms with Gasteiger partial charge in [0.05, 0.1) is 0 Å². The van der Waals surface area contributed by atoms with Gasteiger partial charge >= 0.3 is 0 Å². The SMILES string of the molecule is CCNC(C)C(C)(C)CN1CCC(C)CC1. The third-order valence-electron chi connectivity index (χ3n) is 4.19. The average Bonchev–Trinajstić information content (AvgIpc) is 2.21. The first kappa shape index (κ1) is 14.0. The zero-order chi connectivity index (χ0) is 12.2. The van der Waals surface area contributed by atoms with Crippen molar-refractivity contribution in [1.29, 1.82) is 0 Å². The Balaban J connectivity index is 2.39. The van der Waals surface area contributed by atoms with Crippen molar-refractivity contribution in [3.8, 4) is 0 Å². The van der Waals surface area contributed by atoms with Gasteiger partial charge < -0.3 is 10.2 Å². The van der Waals surface area contributed by atoms with E-state index in [0.29, 0.717) is 11.5 Å². The summed E-state index contributed by atoms with van der Waals surface area (Å²) in [6.07, 6.45) is 2.76. The molecule has 0 aromatic heterocycles. The van der Waals surface area contributed by atoms with Gasteiger partial charge in [0.25, 0.3) is 0 Å². The Hall–Kier alpha value is -0.0800. The van der Waals surface area contributed by atoms with Crippen molar-refractivity contribution in [1.82, 2.24) is 10.2 Å². The summed E-state index contributed by atoms with van der Waals surface area (Å²) in [4.78, 5) is 2.65. The molecule has 0 aromatic rings. The minimum Gasteiger partial charge on any atom is -0.314 e. The van der Waals surface area contributed by atoms with Crippen LogP contribution in [0.5, 0.6) is 0 Å². The lowest BCUT2D eigenvalue weighted by atomic mass is 9.84. The third-order valence-corrected chi connectivity index (χ3v) is 4.19. The van der Waals surface area contributed by atoms with Crippen molar-refractivity contribution in [2.24, 2.45) is 11.3 Å². The number of rotatable bonds is 5. The lowest BCUT2D eigenvalue weighted by Crippen LogP contribution is -2.48. The zero-order valence-corrected chi connectivity index (χ0v) is 11.8. The molecule has 1 fully saturated rings. The normalized spacial score (nSPS) is 22.3. The number of nitrogens with one attached hydrogen (secondary N) is 1. The highest BCUT2D eigenvalue weighted by Crippen LogP contribution is 2.25. The molecule has 1 atom stereocenters. The number of hydrogen-bond donors (Lipinski definition) is 1. The standard InChI is InChI=1S/C14H30N2/c1-6-15-13(3)14(4,5)11-16-9-7-12(2)8-10-16/h12-13,15H,6-11H2,1-5H3. The highest BCUT2D eigenvalue weighted by Gasteiger charge is 2.29. The van der Waals surface area contributed by atoms with Gasteiger partial charge in [0, 0.05) is 12.6 Å². The fourth-order valence-corrected chi connectivity index (χ4v) is 2.52. The van der Waals surface area contributed by atoms with E-state index in [2.05, 4.69) is 44.8 Å². The second kappa shape index (κ2) is 6.02. The van der Waals surface area contributed by atoms with E-state index >= 15 is 0 Å². The fraction of sp³-hybridized carbons (Fsp3) is 1.00. The number of likely N-dealkylation sites (tertiary alicyclic amines) is 1. The minimum absolute atomic E-state index is 0.372. The van der Waals surface area contributed by atoms with E-state index in [1.165, 1.54) is 32.5 Å². The van der Waals surface area contributed by atoms with E-state index in [4.69, 9.17) is 0 Å². The highest BCUT2D eigenvalue weighted by molar-refractivity contribution is 4.85. The van der Waals surface area contributed by atoms with E-state index in [-0.39, 0.29) is 0 Å². The summed E-state index contributed by atoms with van der Waals surface area (Å²) in [6, 6.07) is 0.594. The van der Waals surface area contributed by atoms with Crippen LogP contribution in [0.4, 0.5) is 0 Å². The second-order valence-electron chi connectivity index (χ2n) is 6.23. The van der Waals surface area contributed by atoms with Gasteiger partial charge in [-0.25, -0.2) is 0 Å². The highest BCUT2D eigenvalue weighted by atomic mass is 15.1. The predicted molar refractivity (Wildman–Crippen MR) is 71.8 cm³/mol. The van der Waals surface area contributed by atoms with Crippen molar-refractivity contribution in [3.05, 3.63) is 0 Å². The van der Waals surface area contributed by atoms with Crippen LogP contribution in [-0.2, 0) is 0 Å². The molecule has 16 heavy (non-hydrogen) atoms. The minimum atomic E-state index is 0.372. The van der Waals surface area contributed by atoms with Crippen LogP contribution >= 0.6 is 0 Å². The Morgan fingerprint density at radius 3 is 2.38 bits per heavy atom.